The Kier molecular flexibility index (Phi) is 3.75. The molecular weight excluding hydrogens is 272 g/mol. The predicted octanol–water partition coefficient (Wildman–Crippen LogP) is 3.70. The standard InChI is InChI=1S/C18H20N2Si/c1-21(2,15-20-13-12-19-14-20)18-10-8-17(9-11-18)16-6-4-3-5-7-16/h3-14H,15H2,1-2H3. The molecule has 3 rings (SSSR count). The SMILES string of the molecule is C[Si](C)(Cn1ccnc1)c1ccc(-c2ccccc2)cc1. The van der Waals surface area contributed by atoms with Crippen molar-refractivity contribution in [3.05, 3.63) is 73.3 Å². The van der Waals surface area contributed by atoms with Crippen LogP contribution in [0.3, 0.4) is 0 Å². The monoisotopic (exact) mass is 292 g/mol. The van der Waals surface area contributed by atoms with Crippen molar-refractivity contribution in [2.75, 3.05) is 0 Å². The normalized spacial score (nSPS) is 11.5. The van der Waals surface area contributed by atoms with E-state index < -0.39 is 8.07 Å². The predicted molar refractivity (Wildman–Crippen MR) is 91.2 cm³/mol. The van der Waals surface area contributed by atoms with Crippen LogP contribution in [0.25, 0.3) is 11.1 Å². The number of hydrogen-bond donors (Lipinski definition) is 0. The Morgan fingerprint density at radius 2 is 1.57 bits per heavy atom. The molecule has 3 heteroatoms. The van der Waals surface area contributed by atoms with E-state index in [0.717, 1.165) is 6.17 Å². The highest BCUT2D eigenvalue weighted by atomic mass is 28.3. The van der Waals surface area contributed by atoms with Crippen LogP contribution in [-0.2, 0) is 6.17 Å². The summed E-state index contributed by atoms with van der Waals surface area (Å²) in [7, 11) is -1.48. The second-order valence-corrected chi connectivity index (χ2v) is 10.7. The fraction of sp³-hybridized carbons (Fsp3) is 0.167. The molecule has 2 aromatic carbocycles. The molecule has 3 aromatic rings. The van der Waals surface area contributed by atoms with Gasteiger partial charge in [-0.2, -0.15) is 0 Å². The molecule has 0 saturated heterocycles. The maximum atomic E-state index is 4.14. The van der Waals surface area contributed by atoms with Gasteiger partial charge in [-0.05, 0) is 11.1 Å². The number of rotatable bonds is 4. The van der Waals surface area contributed by atoms with Gasteiger partial charge in [0.1, 0.15) is 8.07 Å². The zero-order chi connectivity index (χ0) is 14.7. The number of hydrogen-bond acceptors (Lipinski definition) is 1. The van der Waals surface area contributed by atoms with Crippen molar-refractivity contribution in [3.8, 4) is 11.1 Å². The van der Waals surface area contributed by atoms with E-state index in [2.05, 4.69) is 77.2 Å². The van der Waals surface area contributed by atoms with Crippen LogP contribution in [-0.4, -0.2) is 17.6 Å². The molecule has 0 saturated carbocycles. The molecule has 21 heavy (non-hydrogen) atoms. The summed E-state index contributed by atoms with van der Waals surface area (Å²) in [6.45, 7) is 4.81. The molecule has 0 aliphatic carbocycles. The molecule has 0 radical (unpaired) electrons. The van der Waals surface area contributed by atoms with Gasteiger partial charge in [-0.15, -0.1) is 0 Å². The van der Waals surface area contributed by atoms with Crippen LogP contribution in [0.4, 0.5) is 0 Å². The summed E-state index contributed by atoms with van der Waals surface area (Å²) in [5, 5.41) is 1.48. The maximum Gasteiger partial charge on any atom is 0.102 e. The summed E-state index contributed by atoms with van der Waals surface area (Å²) in [5.74, 6) is 0. The van der Waals surface area contributed by atoms with Gasteiger partial charge in [-0.3, -0.25) is 0 Å². The lowest BCUT2D eigenvalue weighted by Gasteiger charge is -2.23. The molecular formula is C18H20N2Si. The first kappa shape index (κ1) is 13.8. The first-order chi connectivity index (χ1) is 10.1. The van der Waals surface area contributed by atoms with Crippen LogP contribution in [0.1, 0.15) is 0 Å². The zero-order valence-corrected chi connectivity index (χ0v) is 13.5. The van der Waals surface area contributed by atoms with Gasteiger partial charge in [-0.25, -0.2) is 4.98 Å². The van der Waals surface area contributed by atoms with E-state index in [0.29, 0.717) is 0 Å². The molecule has 0 atom stereocenters. The van der Waals surface area contributed by atoms with E-state index in [-0.39, 0.29) is 0 Å². The van der Waals surface area contributed by atoms with Crippen molar-refractivity contribution >= 4 is 13.3 Å². The van der Waals surface area contributed by atoms with Crippen LogP contribution in [0.5, 0.6) is 0 Å². The van der Waals surface area contributed by atoms with Crippen molar-refractivity contribution in [1.29, 1.82) is 0 Å². The Bertz CT molecular complexity index is 686. The minimum absolute atomic E-state index is 1.07. The average molecular weight is 292 g/mol. The summed E-state index contributed by atoms with van der Waals surface area (Å²) in [4.78, 5) is 4.14. The second kappa shape index (κ2) is 5.70. The molecule has 2 nitrogen and oxygen atoms in total. The van der Waals surface area contributed by atoms with Crippen molar-refractivity contribution in [1.82, 2.24) is 9.55 Å². The number of benzene rings is 2. The summed E-state index contributed by atoms with van der Waals surface area (Å²) < 4.78 is 2.19. The maximum absolute atomic E-state index is 4.14. The van der Waals surface area contributed by atoms with Crippen molar-refractivity contribution in [3.63, 3.8) is 0 Å². The van der Waals surface area contributed by atoms with Gasteiger partial charge in [0.05, 0.1) is 6.33 Å². The summed E-state index contributed by atoms with van der Waals surface area (Å²) in [6.07, 6.45) is 6.88. The largest absolute Gasteiger partial charge is 0.340 e. The van der Waals surface area contributed by atoms with Gasteiger partial charge in [0.25, 0.3) is 0 Å². The van der Waals surface area contributed by atoms with Crippen molar-refractivity contribution in [2.45, 2.75) is 19.3 Å². The molecule has 106 valence electrons. The third-order valence-electron chi connectivity index (χ3n) is 3.91. The summed E-state index contributed by atoms with van der Waals surface area (Å²) in [6, 6.07) is 19.6. The molecule has 0 bridgehead atoms. The number of nitrogens with zero attached hydrogens (tertiary/aromatic N) is 2. The first-order valence-electron chi connectivity index (χ1n) is 7.27. The van der Waals surface area contributed by atoms with Gasteiger partial charge >= 0.3 is 0 Å². The highest BCUT2D eigenvalue weighted by molar-refractivity contribution is 6.88. The molecule has 0 spiro atoms. The quantitative estimate of drug-likeness (QED) is 0.670. The average Bonchev–Trinajstić information content (AvgIpc) is 3.00. The van der Waals surface area contributed by atoms with E-state index in [1.54, 1.807) is 0 Å². The van der Waals surface area contributed by atoms with E-state index in [1.807, 2.05) is 18.7 Å². The Morgan fingerprint density at radius 1 is 0.905 bits per heavy atom. The fourth-order valence-electron chi connectivity index (χ4n) is 2.67. The van der Waals surface area contributed by atoms with Crippen LogP contribution >= 0.6 is 0 Å². The molecule has 0 N–H and O–H groups in total. The van der Waals surface area contributed by atoms with Gasteiger partial charge < -0.3 is 4.57 Å². The third kappa shape index (κ3) is 3.14. The van der Waals surface area contributed by atoms with Gasteiger partial charge in [0, 0.05) is 18.6 Å². The van der Waals surface area contributed by atoms with Gasteiger partial charge in [-0.1, -0.05) is 72.9 Å². The molecule has 0 aliphatic rings. The Morgan fingerprint density at radius 3 is 2.19 bits per heavy atom. The molecule has 1 heterocycles. The van der Waals surface area contributed by atoms with Crippen LogP contribution in [0, 0.1) is 0 Å². The minimum atomic E-state index is -1.48. The second-order valence-electron chi connectivity index (χ2n) is 6.06. The van der Waals surface area contributed by atoms with E-state index in [1.165, 1.54) is 16.3 Å². The molecule has 0 fully saturated rings. The smallest absolute Gasteiger partial charge is 0.102 e. The molecule has 1 aromatic heterocycles. The van der Waals surface area contributed by atoms with Gasteiger partial charge in [0.2, 0.25) is 0 Å². The minimum Gasteiger partial charge on any atom is -0.340 e. The molecule has 0 amide bonds. The van der Waals surface area contributed by atoms with Gasteiger partial charge in [0.15, 0.2) is 0 Å². The third-order valence-corrected chi connectivity index (χ3v) is 6.96. The summed E-state index contributed by atoms with van der Waals surface area (Å²) >= 11 is 0. The zero-order valence-electron chi connectivity index (χ0n) is 12.5. The van der Waals surface area contributed by atoms with Crippen LogP contribution in [0.15, 0.2) is 73.3 Å². The van der Waals surface area contributed by atoms with Crippen LogP contribution < -0.4 is 5.19 Å². The fourth-order valence-corrected chi connectivity index (χ4v) is 5.02. The molecule has 0 unspecified atom stereocenters. The topological polar surface area (TPSA) is 17.8 Å². The lowest BCUT2D eigenvalue weighted by Crippen LogP contribution is -2.45. The Hall–Kier alpha value is -2.13. The van der Waals surface area contributed by atoms with Crippen molar-refractivity contribution < 1.29 is 0 Å². The lowest BCUT2D eigenvalue weighted by atomic mass is 10.1. The number of aromatic nitrogens is 2. The molecule has 0 aliphatic heterocycles. The summed E-state index contributed by atoms with van der Waals surface area (Å²) in [5.41, 5.74) is 2.56. The highest BCUT2D eigenvalue weighted by Gasteiger charge is 2.23. The van der Waals surface area contributed by atoms with Crippen molar-refractivity contribution in [2.24, 2.45) is 0 Å². The number of imidazole rings is 1. The van der Waals surface area contributed by atoms with E-state index in [9.17, 15) is 0 Å². The highest BCUT2D eigenvalue weighted by Crippen LogP contribution is 2.18. The Labute approximate surface area is 127 Å². The van der Waals surface area contributed by atoms with E-state index in [4.69, 9.17) is 0 Å². The Balaban J connectivity index is 1.83. The van der Waals surface area contributed by atoms with E-state index >= 15 is 0 Å². The lowest BCUT2D eigenvalue weighted by molar-refractivity contribution is 0.855. The first-order valence-corrected chi connectivity index (χ1v) is 10.5. The van der Waals surface area contributed by atoms with Crippen LogP contribution in [0.2, 0.25) is 13.1 Å².